The van der Waals surface area contributed by atoms with Crippen LogP contribution in [0.1, 0.15) is 19.3 Å². The summed E-state index contributed by atoms with van der Waals surface area (Å²) in [6, 6.07) is 0. The molecule has 1 saturated heterocycles. The number of nitrogens with zero attached hydrogens (tertiary/aromatic N) is 1. The lowest BCUT2D eigenvalue weighted by molar-refractivity contribution is -0.131. The third-order valence-corrected chi connectivity index (χ3v) is 2.55. The maximum Gasteiger partial charge on any atom is 0.328 e. The van der Waals surface area contributed by atoms with Gasteiger partial charge >= 0.3 is 5.97 Å². The van der Waals surface area contributed by atoms with Gasteiger partial charge in [0.1, 0.15) is 0 Å². The van der Waals surface area contributed by atoms with Crippen LogP contribution in [0.25, 0.3) is 0 Å². The van der Waals surface area contributed by atoms with Crippen molar-refractivity contribution in [3.63, 3.8) is 0 Å². The van der Waals surface area contributed by atoms with Gasteiger partial charge in [0.2, 0.25) is 5.91 Å². The second kappa shape index (κ2) is 7.00. The Morgan fingerprint density at radius 2 is 1.88 bits per heavy atom. The van der Waals surface area contributed by atoms with Gasteiger partial charge in [-0.3, -0.25) is 4.79 Å². The fraction of sp³-hybridized carbons (Fsp3) is 0.636. The van der Waals surface area contributed by atoms with E-state index < -0.39 is 5.97 Å². The fourth-order valence-corrected chi connectivity index (χ4v) is 1.73. The molecule has 90 valence electrons. The highest BCUT2D eigenvalue weighted by molar-refractivity contribution is 5.93. The van der Waals surface area contributed by atoms with Gasteiger partial charge in [-0.1, -0.05) is 6.42 Å². The molecule has 0 unspecified atom stereocenters. The quantitative estimate of drug-likeness (QED) is 0.658. The molecule has 0 aromatic rings. The molecule has 5 heteroatoms. The average molecular weight is 226 g/mol. The van der Waals surface area contributed by atoms with Crippen molar-refractivity contribution >= 4 is 11.9 Å². The summed E-state index contributed by atoms with van der Waals surface area (Å²) >= 11 is 0. The van der Waals surface area contributed by atoms with Crippen molar-refractivity contribution in [2.24, 2.45) is 0 Å². The molecule has 0 radical (unpaired) electrons. The predicted molar refractivity (Wildman–Crippen MR) is 60.1 cm³/mol. The largest absolute Gasteiger partial charge is 0.478 e. The van der Waals surface area contributed by atoms with E-state index in [9.17, 15) is 9.59 Å². The number of hydrogen-bond acceptors (Lipinski definition) is 3. The Kier molecular flexibility index (Phi) is 5.56. The lowest BCUT2D eigenvalue weighted by Gasteiger charge is -2.26. The maximum atomic E-state index is 11.1. The van der Waals surface area contributed by atoms with Crippen LogP contribution in [-0.2, 0) is 9.59 Å². The highest BCUT2D eigenvalue weighted by Crippen LogP contribution is 2.07. The Hall–Kier alpha value is -1.36. The number of hydrogen-bond donors (Lipinski definition) is 2. The Bertz CT molecular complexity index is 270. The summed E-state index contributed by atoms with van der Waals surface area (Å²) in [5.41, 5.74) is 0. The lowest BCUT2D eigenvalue weighted by atomic mass is 10.1. The number of nitrogens with one attached hydrogen (secondary N) is 1. The van der Waals surface area contributed by atoms with Gasteiger partial charge in [-0.05, 0) is 25.9 Å². The molecule has 0 spiro atoms. The van der Waals surface area contributed by atoms with Gasteiger partial charge in [-0.2, -0.15) is 0 Å². The third kappa shape index (κ3) is 5.50. The molecule has 1 heterocycles. The minimum absolute atomic E-state index is 0.348. The van der Waals surface area contributed by atoms with E-state index in [0.717, 1.165) is 31.8 Å². The number of carbonyl (C=O) groups is 2. The number of rotatable bonds is 5. The van der Waals surface area contributed by atoms with E-state index in [4.69, 9.17) is 5.11 Å². The summed E-state index contributed by atoms with van der Waals surface area (Å²) in [5, 5.41) is 11.0. The highest BCUT2D eigenvalue weighted by atomic mass is 16.4. The van der Waals surface area contributed by atoms with E-state index in [1.165, 1.54) is 19.3 Å². The van der Waals surface area contributed by atoms with E-state index in [1.807, 2.05) is 0 Å². The molecule has 1 fully saturated rings. The van der Waals surface area contributed by atoms with Gasteiger partial charge in [-0.25, -0.2) is 4.79 Å². The number of likely N-dealkylation sites (tertiary alicyclic amines) is 1. The molecule has 0 saturated carbocycles. The normalized spacial score (nSPS) is 17.5. The molecule has 1 rings (SSSR count). The summed E-state index contributed by atoms with van der Waals surface area (Å²) < 4.78 is 0. The van der Waals surface area contributed by atoms with Crippen LogP contribution in [0.2, 0.25) is 0 Å². The Balaban J connectivity index is 2.09. The third-order valence-electron chi connectivity index (χ3n) is 2.55. The zero-order valence-corrected chi connectivity index (χ0v) is 9.32. The summed E-state index contributed by atoms with van der Waals surface area (Å²) in [5.74, 6) is -1.45. The molecule has 0 aliphatic carbocycles. The summed E-state index contributed by atoms with van der Waals surface area (Å²) in [4.78, 5) is 23.6. The molecule has 0 atom stereocenters. The minimum atomic E-state index is -1.11. The van der Waals surface area contributed by atoms with Crippen LogP contribution in [0.15, 0.2) is 12.2 Å². The van der Waals surface area contributed by atoms with Crippen molar-refractivity contribution in [2.75, 3.05) is 26.2 Å². The van der Waals surface area contributed by atoms with Crippen LogP contribution in [0.4, 0.5) is 0 Å². The first kappa shape index (κ1) is 12.7. The van der Waals surface area contributed by atoms with Gasteiger partial charge in [0.25, 0.3) is 0 Å². The molecule has 1 aliphatic heterocycles. The second-order valence-corrected chi connectivity index (χ2v) is 3.86. The van der Waals surface area contributed by atoms with Crippen LogP contribution >= 0.6 is 0 Å². The van der Waals surface area contributed by atoms with Crippen LogP contribution in [0, 0.1) is 0 Å². The number of carboxylic acid groups (broad SMARTS) is 1. The fourth-order valence-electron chi connectivity index (χ4n) is 1.73. The number of piperidine rings is 1. The van der Waals surface area contributed by atoms with E-state index in [0.29, 0.717) is 6.54 Å². The summed E-state index contributed by atoms with van der Waals surface area (Å²) in [7, 11) is 0. The molecular formula is C11H18N2O3. The van der Waals surface area contributed by atoms with Crippen LogP contribution in [-0.4, -0.2) is 48.1 Å². The molecule has 0 aromatic carbocycles. The Morgan fingerprint density at radius 3 is 2.50 bits per heavy atom. The molecule has 5 nitrogen and oxygen atoms in total. The average Bonchev–Trinajstić information content (AvgIpc) is 2.28. The van der Waals surface area contributed by atoms with Crippen LogP contribution in [0.3, 0.4) is 0 Å². The molecule has 1 amide bonds. The maximum absolute atomic E-state index is 11.1. The van der Waals surface area contributed by atoms with Crippen molar-refractivity contribution in [1.82, 2.24) is 10.2 Å². The topological polar surface area (TPSA) is 69.6 Å². The first-order chi connectivity index (χ1) is 7.68. The zero-order chi connectivity index (χ0) is 11.8. The number of carboxylic acids is 1. The summed E-state index contributed by atoms with van der Waals surface area (Å²) in [6.07, 6.45) is 5.64. The van der Waals surface area contributed by atoms with E-state index in [-0.39, 0.29) is 5.91 Å². The van der Waals surface area contributed by atoms with E-state index >= 15 is 0 Å². The SMILES string of the molecule is O=C(O)/C=C/C(=O)NCCN1CCCCC1. The number of aliphatic carboxylic acids is 1. The van der Waals surface area contributed by atoms with Crippen molar-refractivity contribution in [3.05, 3.63) is 12.2 Å². The van der Waals surface area contributed by atoms with Crippen molar-refractivity contribution in [3.8, 4) is 0 Å². The molecule has 0 bridgehead atoms. The van der Waals surface area contributed by atoms with Gasteiger partial charge in [0.15, 0.2) is 0 Å². The van der Waals surface area contributed by atoms with Crippen molar-refractivity contribution in [2.45, 2.75) is 19.3 Å². The highest BCUT2D eigenvalue weighted by Gasteiger charge is 2.09. The van der Waals surface area contributed by atoms with Gasteiger partial charge in [0.05, 0.1) is 0 Å². The van der Waals surface area contributed by atoms with Gasteiger partial charge < -0.3 is 15.3 Å². The standard InChI is InChI=1S/C11H18N2O3/c14-10(4-5-11(15)16)12-6-9-13-7-2-1-3-8-13/h4-5H,1-3,6-9H2,(H,12,14)(H,15,16)/b5-4+. The van der Waals surface area contributed by atoms with Gasteiger partial charge in [0, 0.05) is 25.2 Å². The first-order valence-electron chi connectivity index (χ1n) is 5.59. The van der Waals surface area contributed by atoms with Gasteiger partial charge in [-0.15, -0.1) is 0 Å². The van der Waals surface area contributed by atoms with Crippen molar-refractivity contribution < 1.29 is 14.7 Å². The molecular weight excluding hydrogens is 208 g/mol. The minimum Gasteiger partial charge on any atom is -0.478 e. The monoisotopic (exact) mass is 226 g/mol. The Morgan fingerprint density at radius 1 is 1.19 bits per heavy atom. The van der Waals surface area contributed by atoms with E-state index in [2.05, 4.69) is 10.2 Å². The van der Waals surface area contributed by atoms with Crippen LogP contribution < -0.4 is 5.32 Å². The molecule has 0 aromatic heterocycles. The van der Waals surface area contributed by atoms with Crippen LogP contribution in [0.5, 0.6) is 0 Å². The lowest BCUT2D eigenvalue weighted by Crippen LogP contribution is -2.37. The zero-order valence-electron chi connectivity index (χ0n) is 9.32. The van der Waals surface area contributed by atoms with Crippen molar-refractivity contribution in [1.29, 1.82) is 0 Å². The molecule has 16 heavy (non-hydrogen) atoms. The summed E-state index contributed by atoms with van der Waals surface area (Å²) in [6.45, 7) is 3.61. The first-order valence-corrected chi connectivity index (χ1v) is 5.59. The smallest absolute Gasteiger partial charge is 0.328 e. The molecule has 2 N–H and O–H groups in total. The number of carbonyl (C=O) groups excluding carboxylic acids is 1. The van der Waals surface area contributed by atoms with E-state index in [1.54, 1.807) is 0 Å². The molecule has 1 aliphatic rings. The number of amides is 1. The predicted octanol–water partition coefficient (Wildman–Crippen LogP) is 0.229. The Labute approximate surface area is 95.1 Å². The second-order valence-electron chi connectivity index (χ2n) is 3.86.